The maximum Gasteiger partial charge on any atom is 0.225 e. The van der Waals surface area contributed by atoms with Gasteiger partial charge in [-0.05, 0) is 24.1 Å². The summed E-state index contributed by atoms with van der Waals surface area (Å²) in [4.78, 5) is 13.8. The Labute approximate surface area is 110 Å². The molecule has 0 atom stereocenters. The summed E-state index contributed by atoms with van der Waals surface area (Å²) in [5.41, 5.74) is 2.13. The Balaban J connectivity index is 2.43. The highest BCUT2D eigenvalue weighted by atomic mass is 16.2. The molecule has 0 aliphatic rings. The van der Waals surface area contributed by atoms with Gasteiger partial charge in [0.25, 0.3) is 0 Å². The standard InChI is InChI=1S/C15H24N2O/c1-15(2,3)14(18)16-11-10-12-6-8-13(9-7-12)17(4)5/h6-9H,10-11H2,1-5H3,(H,16,18). The number of anilines is 1. The largest absolute Gasteiger partial charge is 0.378 e. The fourth-order valence-corrected chi connectivity index (χ4v) is 1.55. The molecule has 3 nitrogen and oxygen atoms in total. The maximum absolute atomic E-state index is 11.7. The fourth-order valence-electron chi connectivity index (χ4n) is 1.55. The Bertz CT molecular complexity index is 388. The molecular formula is C15H24N2O. The number of nitrogens with one attached hydrogen (secondary N) is 1. The molecule has 0 unspecified atom stereocenters. The zero-order valence-electron chi connectivity index (χ0n) is 12.1. The number of rotatable bonds is 4. The highest BCUT2D eigenvalue weighted by Crippen LogP contribution is 2.14. The molecule has 1 amide bonds. The van der Waals surface area contributed by atoms with Crippen LogP contribution in [0.15, 0.2) is 24.3 Å². The van der Waals surface area contributed by atoms with E-state index in [9.17, 15) is 4.79 Å². The van der Waals surface area contributed by atoms with Gasteiger partial charge in [0.1, 0.15) is 0 Å². The molecule has 18 heavy (non-hydrogen) atoms. The smallest absolute Gasteiger partial charge is 0.225 e. The number of carbonyl (C=O) groups excluding carboxylic acids is 1. The molecule has 0 saturated heterocycles. The van der Waals surface area contributed by atoms with Crippen LogP contribution >= 0.6 is 0 Å². The summed E-state index contributed by atoms with van der Waals surface area (Å²) in [7, 11) is 4.05. The van der Waals surface area contributed by atoms with Crippen molar-refractivity contribution < 1.29 is 4.79 Å². The van der Waals surface area contributed by atoms with Crippen molar-refractivity contribution in [2.45, 2.75) is 27.2 Å². The number of amides is 1. The molecule has 0 spiro atoms. The van der Waals surface area contributed by atoms with Crippen LogP contribution in [0.2, 0.25) is 0 Å². The average Bonchev–Trinajstić information content (AvgIpc) is 2.28. The summed E-state index contributed by atoms with van der Waals surface area (Å²) >= 11 is 0. The van der Waals surface area contributed by atoms with Crippen LogP contribution in [0.3, 0.4) is 0 Å². The second-order valence-corrected chi connectivity index (χ2v) is 5.82. The lowest BCUT2D eigenvalue weighted by Crippen LogP contribution is -2.35. The molecule has 1 rings (SSSR count). The van der Waals surface area contributed by atoms with Gasteiger partial charge in [0.15, 0.2) is 0 Å². The zero-order chi connectivity index (χ0) is 13.8. The normalized spacial score (nSPS) is 11.2. The van der Waals surface area contributed by atoms with Crippen LogP contribution in [0, 0.1) is 5.41 Å². The summed E-state index contributed by atoms with van der Waals surface area (Å²) < 4.78 is 0. The van der Waals surface area contributed by atoms with Crippen LogP contribution in [0.4, 0.5) is 5.69 Å². The summed E-state index contributed by atoms with van der Waals surface area (Å²) in [5.74, 6) is 0.104. The first-order valence-electron chi connectivity index (χ1n) is 6.35. The van der Waals surface area contributed by atoms with Gasteiger partial charge >= 0.3 is 0 Å². The quantitative estimate of drug-likeness (QED) is 0.887. The Morgan fingerprint density at radius 1 is 1.17 bits per heavy atom. The van der Waals surface area contributed by atoms with E-state index in [1.807, 2.05) is 34.9 Å². The summed E-state index contributed by atoms with van der Waals surface area (Å²) in [6.45, 7) is 6.47. The molecule has 0 aliphatic carbocycles. The number of benzene rings is 1. The monoisotopic (exact) mass is 248 g/mol. The van der Waals surface area contributed by atoms with Gasteiger partial charge in [-0.1, -0.05) is 32.9 Å². The van der Waals surface area contributed by atoms with Gasteiger partial charge in [0.05, 0.1) is 0 Å². The van der Waals surface area contributed by atoms with Crippen LogP contribution in [-0.2, 0) is 11.2 Å². The van der Waals surface area contributed by atoms with Gasteiger partial charge in [-0.2, -0.15) is 0 Å². The Morgan fingerprint density at radius 3 is 2.17 bits per heavy atom. The highest BCUT2D eigenvalue weighted by Gasteiger charge is 2.20. The van der Waals surface area contributed by atoms with E-state index in [0.29, 0.717) is 6.54 Å². The third kappa shape index (κ3) is 4.40. The van der Waals surface area contributed by atoms with E-state index in [1.54, 1.807) is 0 Å². The van der Waals surface area contributed by atoms with E-state index in [-0.39, 0.29) is 11.3 Å². The summed E-state index contributed by atoms with van der Waals surface area (Å²) in [6.07, 6.45) is 0.871. The molecule has 0 fully saturated rings. The second-order valence-electron chi connectivity index (χ2n) is 5.82. The molecule has 100 valence electrons. The number of hydrogen-bond acceptors (Lipinski definition) is 2. The van der Waals surface area contributed by atoms with Crippen LogP contribution in [0.1, 0.15) is 26.3 Å². The number of hydrogen-bond donors (Lipinski definition) is 1. The van der Waals surface area contributed by atoms with E-state index in [1.165, 1.54) is 11.3 Å². The van der Waals surface area contributed by atoms with Crippen molar-refractivity contribution in [2.75, 3.05) is 25.5 Å². The van der Waals surface area contributed by atoms with E-state index < -0.39 is 0 Å². The average molecular weight is 248 g/mol. The van der Waals surface area contributed by atoms with Gasteiger partial charge in [-0.15, -0.1) is 0 Å². The summed E-state index contributed by atoms with van der Waals surface area (Å²) in [5, 5.41) is 2.96. The third-order valence-electron chi connectivity index (χ3n) is 2.83. The minimum atomic E-state index is -0.311. The number of nitrogens with zero attached hydrogens (tertiary/aromatic N) is 1. The minimum Gasteiger partial charge on any atom is -0.378 e. The lowest BCUT2D eigenvalue weighted by Gasteiger charge is -2.17. The molecule has 1 N–H and O–H groups in total. The van der Waals surface area contributed by atoms with Crippen LogP contribution < -0.4 is 10.2 Å². The van der Waals surface area contributed by atoms with Crippen molar-refractivity contribution in [3.63, 3.8) is 0 Å². The Kier molecular flexibility index (Phi) is 4.76. The molecule has 0 saturated carbocycles. The predicted molar refractivity (Wildman–Crippen MR) is 76.9 cm³/mol. The first-order chi connectivity index (χ1) is 8.30. The third-order valence-corrected chi connectivity index (χ3v) is 2.83. The van der Waals surface area contributed by atoms with E-state index >= 15 is 0 Å². The van der Waals surface area contributed by atoms with Crippen molar-refractivity contribution in [1.82, 2.24) is 5.32 Å². The van der Waals surface area contributed by atoms with E-state index in [0.717, 1.165) is 6.42 Å². The number of carbonyl (C=O) groups is 1. The molecule has 0 bridgehead atoms. The molecule has 1 aromatic rings. The molecule has 3 heteroatoms. The van der Waals surface area contributed by atoms with Gasteiger partial charge in [0, 0.05) is 31.7 Å². The van der Waals surface area contributed by atoms with E-state index in [2.05, 4.69) is 34.5 Å². The summed E-state index contributed by atoms with van der Waals surface area (Å²) in [6, 6.07) is 8.42. The van der Waals surface area contributed by atoms with Gasteiger partial charge < -0.3 is 10.2 Å². The maximum atomic E-state index is 11.7. The first kappa shape index (κ1) is 14.6. The highest BCUT2D eigenvalue weighted by molar-refractivity contribution is 5.81. The fraction of sp³-hybridized carbons (Fsp3) is 0.533. The lowest BCUT2D eigenvalue weighted by atomic mass is 9.95. The van der Waals surface area contributed by atoms with Gasteiger partial charge in [-0.25, -0.2) is 0 Å². The minimum absolute atomic E-state index is 0.104. The Hall–Kier alpha value is -1.51. The topological polar surface area (TPSA) is 32.3 Å². The van der Waals surface area contributed by atoms with Crippen molar-refractivity contribution in [2.24, 2.45) is 5.41 Å². The van der Waals surface area contributed by atoms with Crippen molar-refractivity contribution in [3.05, 3.63) is 29.8 Å². The molecule has 0 aliphatic heterocycles. The van der Waals surface area contributed by atoms with Crippen LogP contribution in [-0.4, -0.2) is 26.5 Å². The second kappa shape index (κ2) is 5.89. The van der Waals surface area contributed by atoms with Crippen LogP contribution in [0.5, 0.6) is 0 Å². The first-order valence-corrected chi connectivity index (χ1v) is 6.35. The van der Waals surface area contributed by atoms with Gasteiger partial charge in [0.2, 0.25) is 5.91 Å². The molecule has 0 radical (unpaired) electrons. The van der Waals surface area contributed by atoms with Gasteiger partial charge in [-0.3, -0.25) is 4.79 Å². The Morgan fingerprint density at radius 2 is 1.72 bits per heavy atom. The lowest BCUT2D eigenvalue weighted by molar-refractivity contribution is -0.128. The van der Waals surface area contributed by atoms with Crippen molar-refractivity contribution in [3.8, 4) is 0 Å². The molecule has 0 heterocycles. The molecular weight excluding hydrogens is 224 g/mol. The van der Waals surface area contributed by atoms with Crippen molar-refractivity contribution in [1.29, 1.82) is 0 Å². The zero-order valence-corrected chi connectivity index (χ0v) is 12.1. The predicted octanol–water partition coefficient (Wildman–Crippen LogP) is 2.46. The SMILES string of the molecule is CN(C)c1ccc(CCNC(=O)C(C)(C)C)cc1. The molecule has 1 aromatic carbocycles. The van der Waals surface area contributed by atoms with Crippen LogP contribution in [0.25, 0.3) is 0 Å². The molecule has 0 aromatic heterocycles. The van der Waals surface area contributed by atoms with E-state index in [4.69, 9.17) is 0 Å². The van der Waals surface area contributed by atoms with Crippen molar-refractivity contribution >= 4 is 11.6 Å².